The Morgan fingerprint density at radius 2 is 1.80 bits per heavy atom. The molecule has 5 heteroatoms. The largest absolute Gasteiger partial charge is 0.443 e. The molecule has 1 aliphatic heterocycles. The predicted molar refractivity (Wildman–Crippen MR) is 115 cm³/mol. The zero-order chi connectivity index (χ0) is 22.1. The zero-order valence-corrected chi connectivity index (χ0v) is 19.4. The first-order chi connectivity index (χ1) is 13.9. The van der Waals surface area contributed by atoms with E-state index in [1.54, 1.807) is 17.9 Å². The van der Waals surface area contributed by atoms with E-state index in [1.165, 1.54) is 0 Å². The zero-order valence-electron chi connectivity index (χ0n) is 19.4. The maximum atomic E-state index is 13.2. The molecule has 1 amide bonds. The molecule has 0 aromatic carbocycles. The van der Waals surface area contributed by atoms with Gasteiger partial charge in [0, 0.05) is 36.1 Å². The average Bonchev–Trinajstić information content (AvgIpc) is 2.98. The Morgan fingerprint density at radius 3 is 2.43 bits per heavy atom. The van der Waals surface area contributed by atoms with Crippen molar-refractivity contribution in [2.45, 2.75) is 85.7 Å². The number of hydrogen-bond donors (Lipinski definition) is 0. The van der Waals surface area contributed by atoms with Crippen molar-refractivity contribution in [2.75, 3.05) is 6.54 Å². The minimum Gasteiger partial charge on any atom is -0.443 e. The number of Topliss-reactive ketones (excluding diaryl/α,β-unsaturated/α-hetero) is 1. The van der Waals surface area contributed by atoms with Gasteiger partial charge in [-0.3, -0.25) is 14.5 Å². The lowest BCUT2D eigenvalue weighted by molar-refractivity contribution is -0.130. The van der Waals surface area contributed by atoms with Gasteiger partial charge in [0.25, 0.3) is 0 Å². The molecule has 6 atom stereocenters. The van der Waals surface area contributed by atoms with Gasteiger partial charge >= 0.3 is 6.09 Å². The average molecular weight is 416 g/mol. The Balaban J connectivity index is 1.73. The number of nitrogens with zero attached hydrogens (tertiary/aromatic N) is 1. The van der Waals surface area contributed by atoms with Crippen LogP contribution >= 0.6 is 0 Å². The monoisotopic (exact) mass is 415 g/mol. The number of hydrogen-bond acceptors (Lipinski definition) is 4. The molecule has 0 bridgehead atoms. The highest BCUT2D eigenvalue weighted by Crippen LogP contribution is 2.65. The van der Waals surface area contributed by atoms with E-state index in [2.05, 4.69) is 13.8 Å². The first-order valence-electron chi connectivity index (χ1n) is 11.6. The minimum atomic E-state index is -0.586. The summed E-state index contributed by atoms with van der Waals surface area (Å²) in [5.41, 5.74) is 0.106. The van der Waals surface area contributed by atoms with Crippen molar-refractivity contribution in [2.24, 2.45) is 34.5 Å². The van der Waals surface area contributed by atoms with Gasteiger partial charge in [0.15, 0.2) is 5.78 Å². The van der Waals surface area contributed by atoms with Gasteiger partial charge < -0.3 is 4.74 Å². The number of ketones is 2. The normalized spacial score (nSPS) is 40.8. The summed E-state index contributed by atoms with van der Waals surface area (Å²) in [7, 11) is 0. The summed E-state index contributed by atoms with van der Waals surface area (Å²) in [6.07, 6.45) is 6.84. The molecule has 3 fully saturated rings. The highest BCUT2D eigenvalue weighted by molar-refractivity contribution is 5.92. The van der Waals surface area contributed by atoms with Crippen LogP contribution in [0.4, 0.5) is 4.79 Å². The molecule has 3 aliphatic carbocycles. The lowest BCUT2D eigenvalue weighted by Gasteiger charge is -2.60. The van der Waals surface area contributed by atoms with Crippen LogP contribution in [0.2, 0.25) is 0 Å². The second-order valence-corrected chi connectivity index (χ2v) is 11.7. The Kier molecular flexibility index (Phi) is 4.98. The third-order valence-electron chi connectivity index (χ3n) is 8.82. The SMILES string of the molecule is CC(=O)[C@H]1CC[C@H]2[C@@H]3CN(C(=O)OC(C)(C)C)C4=CC(=O)CC[C@]4(C)[C@H]3CC[C@]12C. The standard InChI is InChI=1S/C25H37NO4/c1-15(27)18-7-8-19-17-14-26(22(29)30-23(2,3)4)21-13-16(28)9-11-25(21,6)20(17)10-12-24(18,19)5/h13,17-20H,7-12,14H2,1-6H3/t17-,18+,19-,20-,24+,25+/m0/s1. The fourth-order valence-electron chi connectivity index (χ4n) is 7.46. The number of rotatable bonds is 1. The number of likely N-dealkylation sites (tertiary alicyclic amines) is 1. The van der Waals surface area contributed by atoms with Crippen molar-refractivity contribution in [3.05, 3.63) is 11.8 Å². The number of ether oxygens (including phenoxy) is 1. The van der Waals surface area contributed by atoms with E-state index in [0.717, 1.165) is 37.8 Å². The molecule has 0 unspecified atom stereocenters. The highest BCUT2D eigenvalue weighted by atomic mass is 16.6. The molecule has 0 aromatic heterocycles. The molecule has 0 spiro atoms. The van der Waals surface area contributed by atoms with Gasteiger partial charge in [-0.05, 0) is 83.0 Å². The van der Waals surface area contributed by atoms with Gasteiger partial charge in [0.05, 0.1) is 0 Å². The molecule has 2 saturated carbocycles. The van der Waals surface area contributed by atoms with Crippen molar-refractivity contribution in [3.8, 4) is 0 Å². The molecule has 4 aliphatic rings. The lowest BCUT2D eigenvalue weighted by Crippen LogP contribution is -2.59. The first kappa shape index (κ1) is 21.6. The fraction of sp³-hybridized carbons (Fsp3) is 0.800. The van der Waals surface area contributed by atoms with E-state index in [1.807, 2.05) is 20.8 Å². The summed E-state index contributed by atoms with van der Waals surface area (Å²) in [6, 6.07) is 0. The summed E-state index contributed by atoms with van der Waals surface area (Å²) in [4.78, 5) is 39.7. The van der Waals surface area contributed by atoms with E-state index in [4.69, 9.17) is 4.74 Å². The fourth-order valence-corrected chi connectivity index (χ4v) is 7.46. The molecular weight excluding hydrogens is 378 g/mol. The Morgan fingerprint density at radius 1 is 1.10 bits per heavy atom. The second-order valence-electron chi connectivity index (χ2n) is 11.7. The van der Waals surface area contributed by atoms with Crippen molar-refractivity contribution < 1.29 is 19.1 Å². The third-order valence-corrected chi connectivity index (χ3v) is 8.82. The van der Waals surface area contributed by atoms with E-state index >= 15 is 0 Å². The van der Waals surface area contributed by atoms with Gasteiger partial charge in [-0.2, -0.15) is 0 Å². The first-order valence-corrected chi connectivity index (χ1v) is 11.6. The number of carbonyl (C=O) groups is 3. The van der Waals surface area contributed by atoms with Crippen molar-refractivity contribution in [1.29, 1.82) is 0 Å². The summed E-state index contributed by atoms with van der Waals surface area (Å²) < 4.78 is 5.76. The van der Waals surface area contributed by atoms with Crippen LogP contribution in [0.25, 0.3) is 0 Å². The molecule has 1 heterocycles. The smallest absolute Gasteiger partial charge is 0.414 e. The molecule has 5 nitrogen and oxygen atoms in total. The molecule has 30 heavy (non-hydrogen) atoms. The Hall–Kier alpha value is -1.65. The minimum absolute atomic E-state index is 0.0225. The highest BCUT2D eigenvalue weighted by Gasteiger charge is 2.61. The predicted octanol–water partition coefficient (Wildman–Crippen LogP) is 5.14. The lowest BCUT2D eigenvalue weighted by atomic mass is 9.49. The molecular formula is C25H37NO4. The summed E-state index contributed by atoms with van der Waals surface area (Å²) in [6.45, 7) is 12.5. The maximum Gasteiger partial charge on any atom is 0.414 e. The van der Waals surface area contributed by atoms with Crippen LogP contribution in [-0.4, -0.2) is 34.7 Å². The van der Waals surface area contributed by atoms with E-state index < -0.39 is 5.60 Å². The van der Waals surface area contributed by atoms with Crippen LogP contribution in [0, 0.1) is 34.5 Å². The van der Waals surface area contributed by atoms with Crippen LogP contribution in [0.1, 0.15) is 80.1 Å². The summed E-state index contributed by atoms with van der Waals surface area (Å²) >= 11 is 0. The van der Waals surface area contributed by atoms with E-state index in [9.17, 15) is 14.4 Å². The van der Waals surface area contributed by atoms with Gasteiger partial charge in [-0.25, -0.2) is 4.79 Å². The van der Waals surface area contributed by atoms with Crippen molar-refractivity contribution >= 4 is 17.7 Å². The number of amides is 1. The van der Waals surface area contributed by atoms with Gasteiger partial charge in [-0.15, -0.1) is 0 Å². The van der Waals surface area contributed by atoms with E-state index in [-0.39, 0.29) is 28.6 Å². The third kappa shape index (κ3) is 3.23. The van der Waals surface area contributed by atoms with Gasteiger partial charge in [0.2, 0.25) is 0 Å². The molecule has 0 N–H and O–H groups in total. The van der Waals surface area contributed by atoms with Crippen LogP contribution in [0.15, 0.2) is 11.8 Å². The second kappa shape index (κ2) is 6.93. The van der Waals surface area contributed by atoms with Crippen LogP contribution in [0.3, 0.4) is 0 Å². The van der Waals surface area contributed by atoms with Crippen molar-refractivity contribution in [3.63, 3.8) is 0 Å². The topological polar surface area (TPSA) is 63.7 Å². The van der Waals surface area contributed by atoms with Gasteiger partial charge in [-0.1, -0.05) is 13.8 Å². The summed E-state index contributed by atoms with van der Waals surface area (Å²) in [5, 5.41) is 0. The molecule has 4 rings (SSSR count). The number of piperidine rings is 1. The van der Waals surface area contributed by atoms with Gasteiger partial charge in [0.1, 0.15) is 11.4 Å². The molecule has 1 saturated heterocycles. The molecule has 166 valence electrons. The number of allylic oxidation sites excluding steroid dienone is 2. The summed E-state index contributed by atoms with van der Waals surface area (Å²) in [5.74, 6) is 1.78. The number of carbonyl (C=O) groups excluding carboxylic acids is 3. The van der Waals surface area contributed by atoms with Crippen LogP contribution < -0.4 is 0 Å². The van der Waals surface area contributed by atoms with Crippen molar-refractivity contribution in [1.82, 2.24) is 4.90 Å². The molecule has 0 aromatic rings. The number of fused-ring (bicyclic) bond motifs is 5. The van der Waals surface area contributed by atoms with Crippen LogP contribution in [-0.2, 0) is 14.3 Å². The maximum absolute atomic E-state index is 13.2. The molecule has 0 radical (unpaired) electrons. The quantitative estimate of drug-likeness (QED) is 0.595. The Labute approximate surface area is 180 Å². The Bertz CT molecular complexity index is 808. The van der Waals surface area contributed by atoms with E-state index in [0.29, 0.717) is 36.5 Å². The van der Waals surface area contributed by atoms with Crippen LogP contribution in [0.5, 0.6) is 0 Å².